The van der Waals surface area contributed by atoms with Crippen molar-refractivity contribution < 1.29 is 35.5 Å². The number of aromatic nitrogens is 2. The number of nitrogens with one attached hydrogen (secondary N) is 2. The Morgan fingerprint density at radius 1 is 0.818 bits per heavy atom. The summed E-state index contributed by atoms with van der Waals surface area (Å²) in [5, 5.41) is 12.1. The van der Waals surface area contributed by atoms with E-state index in [1.54, 1.807) is 26.0 Å². The van der Waals surface area contributed by atoms with Gasteiger partial charge in [-0.1, -0.05) is 58.3 Å². The summed E-state index contributed by atoms with van der Waals surface area (Å²) in [6.45, 7) is 20.5. The molecule has 44 heavy (non-hydrogen) atoms. The molecule has 12 nitrogen and oxygen atoms in total. The minimum atomic E-state index is -3.59. The molecule has 1 fully saturated rings. The summed E-state index contributed by atoms with van der Waals surface area (Å²) >= 11 is 0. The van der Waals surface area contributed by atoms with E-state index >= 15 is 0 Å². The highest BCUT2D eigenvalue weighted by Crippen LogP contribution is 2.32. The van der Waals surface area contributed by atoms with Gasteiger partial charge in [0, 0.05) is 23.0 Å². The summed E-state index contributed by atoms with van der Waals surface area (Å²) < 4.78 is 56.8. The fourth-order valence-electron chi connectivity index (χ4n) is 3.94. The molecule has 0 unspecified atom stereocenters. The zero-order valence-corrected chi connectivity index (χ0v) is 29.7. The van der Waals surface area contributed by atoms with E-state index in [1.807, 2.05) is 41.5 Å². The summed E-state index contributed by atoms with van der Waals surface area (Å²) in [7, 11) is -7.12. The van der Waals surface area contributed by atoms with E-state index in [1.165, 1.54) is 27.7 Å². The molecule has 1 aliphatic carbocycles. The van der Waals surface area contributed by atoms with Crippen LogP contribution in [0.25, 0.3) is 0 Å². The fraction of sp³-hybridized carbons (Fsp3) is 0.733. The first-order valence-corrected chi connectivity index (χ1v) is 18.0. The lowest BCUT2D eigenvalue weighted by Gasteiger charge is -2.30. The highest BCUT2D eigenvalue weighted by Gasteiger charge is 2.45. The number of carbonyl (C=O) groups is 2. The Labute approximate surface area is 262 Å². The number of sulfone groups is 2. The Bertz CT molecular complexity index is 1530. The first kappa shape index (κ1) is 37.4. The van der Waals surface area contributed by atoms with Crippen LogP contribution in [-0.2, 0) is 40.1 Å². The number of amides is 2. The van der Waals surface area contributed by atoms with Gasteiger partial charge in [-0.05, 0) is 60.3 Å². The van der Waals surface area contributed by atoms with Crippen LogP contribution in [0.4, 0.5) is 11.7 Å². The second kappa shape index (κ2) is 12.9. The lowest BCUT2D eigenvalue weighted by molar-refractivity contribution is -0.118. The third-order valence-electron chi connectivity index (χ3n) is 7.89. The molecule has 1 saturated carbocycles. The van der Waals surface area contributed by atoms with Gasteiger partial charge in [-0.25, -0.2) is 16.8 Å². The molecule has 2 heterocycles. The molecule has 0 spiro atoms. The zero-order valence-electron chi connectivity index (χ0n) is 28.1. The molecule has 250 valence electrons. The molecule has 0 radical (unpaired) electrons. The number of carbonyl (C=O) groups excluding carboxylic acids is 2. The lowest BCUT2D eigenvalue weighted by Crippen LogP contribution is -2.47. The molecule has 14 heteroatoms. The average Bonchev–Trinajstić information content (AvgIpc) is 3.51. The summed E-state index contributed by atoms with van der Waals surface area (Å²) in [4.78, 5) is 24.7. The molecule has 0 aromatic carbocycles. The van der Waals surface area contributed by atoms with Crippen LogP contribution in [0.2, 0.25) is 0 Å². The molecule has 2 aromatic rings. The van der Waals surface area contributed by atoms with Crippen LogP contribution in [0, 0.1) is 5.92 Å². The predicted molar refractivity (Wildman–Crippen MR) is 171 cm³/mol. The van der Waals surface area contributed by atoms with E-state index in [0.717, 1.165) is 19.3 Å². The smallest absolute Gasteiger partial charge is 0.247 e. The Kier molecular flexibility index (Phi) is 11.0. The third kappa shape index (κ3) is 8.49. The molecular weight excluding hydrogens is 608 g/mol. The Morgan fingerprint density at radius 2 is 1.36 bits per heavy atom. The normalized spacial score (nSPS) is 15.3. The Balaban J connectivity index is 0.000000308. The molecule has 2 amide bonds. The third-order valence-corrected chi connectivity index (χ3v) is 13.4. The van der Waals surface area contributed by atoms with Crippen LogP contribution < -0.4 is 10.6 Å². The van der Waals surface area contributed by atoms with Gasteiger partial charge >= 0.3 is 0 Å². The second-order valence-electron chi connectivity index (χ2n) is 14.8. The number of rotatable bonds is 9. The van der Waals surface area contributed by atoms with E-state index in [-0.39, 0.29) is 34.2 Å². The maximum Gasteiger partial charge on any atom is 0.247 e. The maximum absolute atomic E-state index is 12.5. The van der Waals surface area contributed by atoms with Crippen LogP contribution >= 0.6 is 0 Å². The molecule has 0 saturated heterocycles. The van der Waals surface area contributed by atoms with Crippen molar-refractivity contribution in [3.05, 3.63) is 23.6 Å². The SMILES string of the molecule is CC(C)(C)c1cc(NC(=O)C(C)(C)S(=O)(=O)CC2CCC2)no1.CC(C)S(=O)(=O)C(C)(C)C(=O)Nc1cc(C(C)(C)C)no1. The molecule has 3 rings (SSSR count). The quantitative estimate of drug-likeness (QED) is 0.354. The first-order chi connectivity index (χ1) is 19.7. The number of nitrogens with zero attached hydrogens (tertiary/aromatic N) is 2. The van der Waals surface area contributed by atoms with Gasteiger partial charge in [0.25, 0.3) is 0 Å². The van der Waals surface area contributed by atoms with Gasteiger partial charge in [0.2, 0.25) is 17.7 Å². The highest BCUT2D eigenvalue weighted by molar-refractivity contribution is 7.94. The van der Waals surface area contributed by atoms with Crippen LogP contribution in [0.3, 0.4) is 0 Å². The van der Waals surface area contributed by atoms with Crippen molar-refractivity contribution in [1.29, 1.82) is 0 Å². The van der Waals surface area contributed by atoms with Crippen molar-refractivity contribution in [2.75, 3.05) is 16.4 Å². The van der Waals surface area contributed by atoms with E-state index in [4.69, 9.17) is 9.05 Å². The van der Waals surface area contributed by atoms with Crippen LogP contribution in [0.5, 0.6) is 0 Å². The lowest BCUT2D eigenvalue weighted by atomic mass is 9.87. The van der Waals surface area contributed by atoms with Crippen molar-refractivity contribution >= 4 is 43.2 Å². The largest absolute Gasteiger partial charge is 0.359 e. The standard InChI is InChI=1S/C16H26N2O4S.C14H24N2O4S/c1-15(2,3)12-9-13(18-22-12)17-14(19)16(4,5)23(20,21)10-11-7-6-8-11;1-9(2)21(18,19)14(6,7)12(17)15-11-8-10(16-20-11)13(3,4)5/h9,11H,6-8,10H2,1-5H3,(H,17,18,19);8-9H,1-7H3,(H,15,17). The van der Waals surface area contributed by atoms with Crippen molar-refractivity contribution in [2.24, 2.45) is 5.92 Å². The Hall–Kier alpha value is -2.74. The number of hydrogen-bond donors (Lipinski definition) is 2. The molecule has 0 bridgehead atoms. The summed E-state index contributed by atoms with van der Waals surface area (Å²) in [5.74, 6) is 0.0659. The van der Waals surface area contributed by atoms with Crippen molar-refractivity contribution in [3.63, 3.8) is 0 Å². The average molecular weight is 659 g/mol. The minimum Gasteiger partial charge on any atom is -0.359 e. The predicted octanol–water partition coefficient (Wildman–Crippen LogP) is 5.42. The number of hydrogen-bond acceptors (Lipinski definition) is 10. The fourth-order valence-corrected chi connectivity index (χ4v) is 7.13. The second-order valence-corrected chi connectivity index (χ2v) is 20.4. The highest BCUT2D eigenvalue weighted by atomic mass is 32.2. The monoisotopic (exact) mass is 658 g/mol. The molecule has 0 atom stereocenters. The summed E-state index contributed by atoms with van der Waals surface area (Å²) in [6.07, 6.45) is 2.92. The van der Waals surface area contributed by atoms with Crippen molar-refractivity contribution in [2.45, 2.75) is 128 Å². The molecule has 1 aliphatic rings. The van der Waals surface area contributed by atoms with Crippen LogP contribution in [-0.4, -0.2) is 59.5 Å². The van der Waals surface area contributed by atoms with Crippen LogP contribution in [0.1, 0.15) is 114 Å². The maximum atomic E-state index is 12.5. The molecule has 2 aromatic heterocycles. The van der Waals surface area contributed by atoms with Gasteiger partial charge in [0.05, 0.1) is 16.7 Å². The molecular formula is C30H50N4O8S2. The van der Waals surface area contributed by atoms with E-state index in [2.05, 4.69) is 20.9 Å². The first-order valence-electron chi connectivity index (χ1n) is 14.8. The topological polar surface area (TPSA) is 179 Å². The van der Waals surface area contributed by atoms with Crippen molar-refractivity contribution in [3.8, 4) is 0 Å². The summed E-state index contributed by atoms with van der Waals surface area (Å²) in [6, 6.07) is 3.24. The molecule has 0 aliphatic heterocycles. The van der Waals surface area contributed by atoms with Crippen LogP contribution in [0.15, 0.2) is 21.2 Å². The van der Waals surface area contributed by atoms with Gasteiger partial charge in [-0.3, -0.25) is 14.9 Å². The van der Waals surface area contributed by atoms with E-state index in [9.17, 15) is 26.4 Å². The van der Waals surface area contributed by atoms with Gasteiger partial charge in [-0.2, -0.15) is 0 Å². The van der Waals surface area contributed by atoms with Crippen molar-refractivity contribution in [1.82, 2.24) is 10.3 Å². The van der Waals surface area contributed by atoms with Gasteiger partial charge in [-0.15, -0.1) is 0 Å². The number of anilines is 2. The van der Waals surface area contributed by atoms with E-state index in [0.29, 0.717) is 11.5 Å². The Morgan fingerprint density at radius 3 is 1.77 bits per heavy atom. The minimum absolute atomic E-state index is 0.0689. The van der Waals surface area contributed by atoms with Gasteiger partial charge in [0.1, 0.15) is 15.3 Å². The molecule has 2 N–H and O–H groups in total. The summed E-state index contributed by atoms with van der Waals surface area (Å²) in [5.41, 5.74) is 0.232. The van der Waals surface area contributed by atoms with Gasteiger partial charge in [0.15, 0.2) is 25.5 Å². The van der Waals surface area contributed by atoms with E-state index < -0.39 is 46.2 Å². The van der Waals surface area contributed by atoms with Gasteiger partial charge < -0.3 is 14.4 Å². The zero-order chi connectivity index (χ0) is 34.1.